The van der Waals surface area contributed by atoms with Gasteiger partial charge >= 0.3 is 0 Å². The summed E-state index contributed by atoms with van der Waals surface area (Å²) in [7, 11) is 0. The van der Waals surface area contributed by atoms with Crippen molar-refractivity contribution in [1.82, 2.24) is 4.98 Å². The van der Waals surface area contributed by atoms with Crippen molar-refractivity contribution in [2.45, 2.75) is 39.2 Å². The van der Waals surface area contributed by atoms with Crippen LogP contribution in [0, 0.1) is 11.7 Å². The molecule has 1 aromatic heterocycles. The van der Waals surface area contributed by atoms with Gasteiger partial charge in [0.2, 0.25) is 0 Å². The van der Waals surface area contributed by atoms with Gasteiger partial charge in [0.25, 0.3) is 0 Å². The average Bonchev–Trinajstić information content (AvgIpc) is 3.26. The summed E-state index contributed by atoms with van der Waals surface area (Å²) in [5, 5.41) is 0.837. The SMILES string of the molecule is CC(C)CCN(c1c(F)cc(N)c2cccnc12)C1CC1. The summed E-state index contributed by atoms with van der Waals surface area (Å²) in [4.78, 5) is 6.60. The standard InChI is InChI=1S/C17H22FN3/c1-11(2)7-9-21(12-5-6-12)17-14(18)10-15(19)13-4-3-8-20-16(13)17/h3-4,8,10-12H,5-7,9,19H2,1-2H3. The second-order valence-electron chi connectivity index (χ2n) is 6.30. The van der Waals surface area contributed by atoms with Gasteiger partial charge in [-0.3, -0.25) is 4.98 Å². The van der Waals surface area contributed by atoms with Crippen LogP contribution in [-0.4, -0.2) is 17.6 Å². The van der Waals surface area contributed by atoms with Crippen molar-refractivity contribution in [3.8, 4) is 0 Å². The fraction of sp³-hybridized carbons (Fsp3) is 0.471. The summed E-state index contributed by atoms with van der Waals surface area (Å²) >= 11 is 0. The van der Waals surface area contributed by atoms with Crippen molar-refractivity contribution in [1.29, 1.82) is 0 Å². The molecule has 0 atom stereocenters. The van der Waals surface area contributed by atoms with Crippen molar-refractivity contribution in [2.75, 3.05) is 17.2 Å². The highest BCUT2D eigenvalue weighted by atomic mass is 19.1. The lowest BCUT2D eigenvalue weighted by molar-refractivity contribution is 0.560. The van der Waals surface area contributed by atoms with Gasteiger partial charge in [-0.1, -0.05) is 13.8 Å². The van der Waals surface area contributed by atoms with E-state index in [1.54, 1.807) is 6.20 Å². The van der Waals surface area contributed by atoms with E-state index in [-0.39, 0.29) is 5.82 Å². The molecule has 0 aliphatic heterocycles. The fourth-order valence-electron chi connectivity index (χ4n) is 2.76. The number of fused-ring (bicyclic) bond motifs is 1. The van der Waals surface area contributed by atoms with E-state index in [1.165, 1.54) is 6.07 Å². The molecule has 2 N–H and O–H groups in total. The Hall–Kier alpha value is -1.84. The highest BCUT2D eigenvalue weighted by Crippen LogP contribution is 2.39. The summed E-state index contributed by atoms with van der Waals surface area (Å²) < 4.78 is 14.6. The van der Waals surface area contributed by atoms with Crippen LogP contribution in [0.3, 0.4) is 0 Å². The number of pyridine rings is 1. The summed E-state index contributed by atoms with van der Waals surface area (Å²) in [5.74, 6) is 0.344. The number of rotatable bonds is 5. The predicted octanol–water partition coefficient (Wildman–Crippen LogP) is 3.97. The van der Waals surface area contributed by atoms with E-state index in [0.29, 0.717) is 28.9 Å². The number of nitrogens with zero attached hydrogens (tertiary/aromatic N) is 2. The fourth-order valence-corrected chi connectivity index (χ4v) is 2.76. The second kappa shape index (κ2) is 5.51. The maximum Gasteiger partial charge on any atom is 0.150 e. The molecule has 0 amide bonds. The van der Waals surface area contributed by atoms with Crippen LogP contribution >= 0.6 is 0 Å². The third kappa shape index (κ3) is 2.80. The van der Waals surface area contributed by atoms with E-state index in [2.05, 4.69) is 23.7 Å². The lowest BCUT2D eigenvalue weighted by Gasteiger charge is -2.27. The number of halogens is 1. The molecule has 21 heavy (non-hydrogen) atoms. The molecule has 1 saturated carbocycles. The average molecular weight is 287 g/mol. The van der Waals surface area contributed by atoms with E-state index >= 15 is 0 Å². The zero-order valence-corrected chi connectivity index (χ0v) is 12.6. The topological polar surface area (TPSA) is 42.1 Å². The van der Waals surface area contributed by atoms with Gasteiger partial charge in [-0.25, -0.2) is 4.39 Å². The molecule has 1 aliphatic carbocycles. The maximum absolute atomic E-state index is 14.6. The number of benzene rings is 1. The largest absolute Gasteiger partial charge is 0.398 e. The molecule has 0 unspecified atom stereocenters. The van der Waals surface area contributed by atoms with Gasteiger partial charge in [0.05, 0.1) is 5.52 Å². The van der Waals surface area contributed by atoms with Gasteiger partial charge in [0.15, 0.2) is 5.82 Å². The third-order valence-electron chi connectivity index (χ3n) is 4.07. The molecule has 112 valence electrons. The van der Waals surface area contributed by atoms with Crippen molar-refractivity contribution in [3.63, 3.8) is 0 Å². The Labute approximate surface area is 125 Å². The van der Waals surface area contributed by atoms with Gasteiger partial charge in [-0.15, -0.1) is 0 Å². The Morgan fingerprint density at radius 2 is 2.19 bits per heavy atom. The van der Waals surface area contributed by atoms with Crippen LogP contribution in [0.15, 0.2) is 24.4 Å². The van der Waals surface area contributed by atoms with Crippen LogP contribution < -0.4 is 10.6 Å². The first-order valence-corrected chi connectivity index (χ1v) is 7.67. The minimum Gasteiger partial charge on any atom is -0.398 e. The van der Waals surface area contributed by atoms with Crippen molar-refractivity contribution in [3.05, 3.63) is 30.2 Å². The lowest BCUT2D eigenvalue weighted by atomic mass is 10.1. The normalized spacial score (nSPS) is 14.9. The van der Waals surface area contributed by atoms with Crippen LogP contribution in [0.25, 0.3) is 10.9 Å². The Bertz CT molecular complexity index is 650. The first-order chi connectivity index (χ1) is 10.1. The van der Waals surface area contributed by atoms with Gasteiger partial charge in [0, 0.05) is 29.9 Å². The lowest BCUT2D eigenvalue weighted by Crippen LogP contribution is -2.29. The van der Waals surface area contributed by atoms with Crippen LogP contribution in [0.2, 0.25) is 0 Å². The van der Waals surface area contributed by atoms with E-state index in [1.807, 2.05) is 12.1 Å². The Kier molecular flexibility index (Phi) is 3.70. The Morgan fingerprint density at radius 1 is 1.43 bits per heavy atom. The third-order valence-corrected chi connectivity index (χ3v) is 4.07. The molecule has 1 aliphatic rings. The molecule has 1 heterocycles. The summed E-state index contributed by atoms with van der Waals surface area (Å²) in [6, 6.07) is 5.64. The number of anilines is 2. The van der Waals surface area contributed by atoms with Crippen molar-refractivity contribution >= 4 is 22.3 Å². The van der Waals surface area contributed by atoms with Gasteiger partial charge < -0.3 is 10.6 Å². The van der Waals surface area contributed by atoms with Crippen molar-refractivity contribution < 1.29 is 4.39 Å². The molecule has 0 bridgehead atoms. The first-order valence-electron chi connectivity index (χ1n) is 7.67. The summed E-state index contributed by atoms with van der Waals surface area (Å²) in [5.41, 5.74) is 7.71. The number of nitrogen functional groups attached to an aromatic ring is 1. The molecule has 0 spiro atoms. The second-order valence-corrected chi connectivity index (χ2v) is 6.30. The molecule has 0 saturated heterocycles. The number of hydrogen-bond donors (Lipinski definition) is 1. The smallest absolute Gasteiger partial charge is 0.150 e. The zero-order valence-electron chi connectivity index (χ0n) is 12.6. The van der Waals surface area contributed by atoms with Crippen LogP contribution in [0.5, 0.6) is 0 Å². The Morgan fingerprint density at radius 3 is 2.86 bits per heavy atom. The number of hydrogen-bond acceptors (Lipinski definition) is 3. The van der Waals surface area contributed by atoms with E-state index in [0.717, 1.165) is 31.2 Å². The maximum atomic E-state index is 14.6. The first kappa shape index (κ1) is 14.1. The minimum absolute atomic E-state index is 0.255. The van der Waals surface area contributed by atoms with Crippen LogP contribution in [0.4, 0.5) is 15.8 Å². The van der Waals surface area contributed by atoms with E-state index in [4.69, 9.17) is 5.73 Å². The monoisotopic (exact) mass is 287 g/mol. The van der Waals surface area contributed by atoms with E-state index in [9.17, 15) is 4.39 Å². The minimum atomic E-state index is -0.255. The molecule has 3 rings (SSSR count). The Balaban J connectivity index is 2.08. The van der Waals surface area contributed by atoms with Gasteiger partial charge in [-0.2, -0.15) is 0 Å². The predicted molar refractivity (Wildman–Crippen MR) is 85.9 cm³/mol. The molecule has 1 aromatic carbocycles. The molecule has 3 nitrogen and oxygen atoms in total. The molecular formula is C17H22FN3. The summed E-state index contributed by atoms with van der Waals surface area (Å²) in [6.07, 6.45) is 5.03. The molecular weight excluding hydrogens is 265 g/mol. The van der Waals surface area contributed by atoms with Crippen LogP contribution in [-0.2, 0) is 0 Å². The summed E-state index contributed by atoms with van der Waals surface area (Å²) in [6.45, 7) is 5.26. The molecule has 1 fully saturated rings. The van der Waals surface area contributed by atoms with Crippen molar-refractivity contribution in [2.24, 2.45) is 5.92 Å². The van der Waals surface area contributed by atoms with Gasteiger partial charge in [-0.05, 0) is 43.4 Å². The quantitative estimate of drug-likeness (QED) is 0.846. The highest BCUT2D eigenvalue weighted by Gasteiger charge is 2.32. The zero-order chi connectivity index (χ0) is 15.0. The molecule has 2 aromatic rings. The number of aromatic nitrogens is 1. The molecule has 0 radical (unpaired) electrons. The molecule has 4 heteroatoms. The number of nitrogens with two attached hydrogens (primary N) is 1. The van der Waals surface area contributed by atoms with E-state index < -0.39 is 0 Å². The van der Waals surface area contributed by atoms with Crippen LogP contribution in [0.1, 0.15) is 33.1 Å². The highest BCUT2D eigenvalue weighted by molar-refractivity contribution is 5.99. The van der Waals surface area contributed by atoms with Gasteiger partial charge in [0.1, 0.15) is 5.69 Å².